The van der Waals surface area contributed by atoms with Gasteiger partial charge in [0.1, 0.15) is 12.6 Å². The van der Waals surface area contributed by atoms with Crippen LogP contribution < -0.4 is 4.57 Å². The van der Waals surface area contributed by atoms with Crippen LogP contribution in [0.2, 0.25) is 0 Å². The normalized spacial score (nSPS) is 11.4. The number of furan rings is 1. The smallest absolute Gasteiger partial charge is 0.227 e. The molecule has 0 amide bonds. The van der Waals surface area contributed by atoms with Crippen molar-refractivity contribution >= 4 is 22.1 Å². The lowest BCUT2D eigenvalue weighted by Gasteiger charge is -2.05. The van der Waals surface area contributed by atoms with Crippen molar-refractivity contribution < 1.29 is 8.98 Å². The van der Waals surface area contributed by atoms with Crippen molar-refractivity contribution in [3.8, 4) is 11.3 Å². The van der Waals surface area contributed by atoms with E-state index in [1.165, 1.54) is 16.8 Å². The number of fused-ring (bicyclic) bond motifs is 3. The third kappa shape index (κ3) is 1.82. The molecule has 3 heterocycles. The summed E-state index contributed by atoms with van der Waals surface area (Å²) in [5, 5.41) is 2.22. The SMILES string of the molecule is Cc1ccc2c(n1)oc1ccc(C)c(-c3cccc[n+]3C)c12. The summed E-state index contributed by atoms with van der Waals surface area (Å²) in [6.45, 7) is 4.12. The molecule has 3 nitrogen and oxygen atoms in total. The van der Waals surface area contributed by atoms with Crippen molar-refractivity contribution in [3.63, 3.8) is 0 Å². The molecule has 0 saturated carbocycles. The number of hydrogen-bond donors (Lipinski definition) is 0. The molecule has 22 heavy (non-hydrogen) atoms. The van der Waals surface area contributed by atoms with Crippen LogP contribution in [0.1, 0.15) is 11.3 Å². The van der Waals surface area contributed by atoms with Crippen molar-refractivity contribution in [2.45, 2.75) is 13.8 Å². The van der Waals surface area contributed by atoms with Crippen molar-refractivity contribution in [2.75, 3.05) is 0 Å². The topological polar surface area (TPSA) is 29.9 Å². The van der Waals surface area contributed by atoms with Gasteiger partial charge in [0.25, 0.3) is 0 Å². The van der Waals surface area contributed by atoms with Gasteiger partial charge in [0.05, 0.1) is 5.56 Å². The average Bonchev–Trinajstić information content (AvgIpc) is 2.86. The predicted octanol–water partition coefficient (Wildman–Crippen LogP) is 4.09. The van der Waals surface area contributed by atoms with E-state index in [0.29, 0.717) is 5.71 Å². The van der Waals surface area contributed by atoms with Gasteiger partial charge in [-0.2, -0.15) is 0 Å². The van der Waals surface area contributed by atoms with Crippen molar-refractivity contribution in [1.29, 1.82) is 0 Å². The number of hydrogen-bond acceptors (Lipinski definition) is 2. The van der Waals surface area contributed by atoms with Crippen LogP contribution in [0.3, 0.4) is 0 Å². The van der Waals surface area contributed by atoms with Gasteiger partial charge in [-0.15, -0.1) is 0 Å². The molecular weight excluding hydrogens is 272 g/mol. The quantitative estimate of drug-likeness (QED) is 0.494. The standard InChI is InChI=1S/C19H17N2O/c1-12-7-10-16-18(14-9-8-13(2)20-19(14)22-16)17(12)15-6-4-5-11-21(15)3/h4-11H,1-3H3/q+1. The van der Waals surface area contributed by atoms with Crippen LogP contribution in [0.25, 0.3) is 33.3 Å². The second-order valence-electron chi connectivity index (χ2n) is 5.73. The highest BCUT2D eigenvalue weighted by molar-refractivity contribution is 6.11. The minimum Gasteiger partial charge on any atom is -0.438 e. The Morgan fingerprint density at radius 2 is 1.86 bits per heavy atom. The van der Waals surface area contributed by atoms with Gasteiger partial charge in [0.2, 0.25) is 11.4 Å². The Kier molecular flexibility index (Phi) is 2.76. The number of rotatable bonds is 1. The van der Waals surface area contributed by atoms with Crippen LogP contribution >= 0.6 is 0 Å². The Balaban J connectivity index is 2.20. The fourth-order valence-electron chi connectivity index (χ4n) is 3.06. The van der Waals surface area contributed by atoms with E-state index in [9.17, 15) is 0 Å². The molecular formula is C19H17N2O+. The highest BCUT2D eigenvalue weighted by Crippen LogP contribution is 2.36. The van der Waals surface area contributed by atoms with Gasteiger partial charge in [-0.1, -0.05) is 6.07 Å². The van der Waals surface area contributed by atoms with Gasteiger partial charge < -0.3 is 4.42 Å². The Bertz CT molecular complexity index is 1010. The zero-order chi connectivity index (χ0) is 15.3. The minimum atomic E-state index is 0.709. The molecule has 0 aliphatic rings. The molecule has 0 N–H and O–H groups in total. The third-order valence-electron chi connectivity index (χ3n) is 4.16. The van der Waals surface area contributed by atoms with Crippen molar-refractivity contribution in [3.05, 3.63) is 59.9 Å². The Hall–Kier alpha value is -2.68. The summed E-state index contributed by atoms with van der Waals surface area (Å²) in [5.41, 5.74) is 6.18. The maximum atomic E-state index is 5.97. The molecule has 3 aromatic heterocycles. The number of pyridine rings is 2. The molecule has 0 fully saturated rings. The maximum Gasteiger partial charge on any atom is 0.227 e. The van der Waals surface area contributed by atoms with Crippen molar-refractivity contribution in [2.24, 2.45) is 7.05 Å². The lowest BCUT2D eigenvalue weighted by molar-refractivity contribution is -0.660. The molecule has 0 radical (unpaired) electrons. The molecule has 0 atom stereocenters. The van der Waals surface area contributed by atoms with Crippen LogP contribution in [-0.2, 0) is 7.05 Å². The summed E-state index contributed by atoms with van der Waals surface area (Å²) in [4.78, 5) is 4.53. The number of benzene rings is 1. The van der Waals surface area contributed by atoms with Gasteiger partial charge in [0, 0.05) is 28.6 Å². The first kappa shape index (κ1) is 13.0. The van der Waals surface area contributed by atoms with Crippen LogP contribution in [-0.4, -0.2) is 4.98 Å². The van der Waals surface area contributed by atoms with Crippen molar-refractivity contribution in [1.82, 2.24) is 4.98 Å². The van der Waals surface area contributed by atoms with E-state index < -0.39 is 0 Å². The van der Waals surface area contributed by atoms with E-state index in [1.807, 2.05) is 25.1 Å². The molecule has 0 aliphatic heterocycles. The summed E-state index contributed by atoms with van der Waals surface area (Å²) in [5.74, 6) is 0. The first-order valence-electron chi connectivity index (χ1n) is 7.39. The molecule has 108 valence electrons. The fraction of sp³-hybridized carbons (Fsp3) is 0.158. The summed E-state index contributed by atoms with van der Waals surface area (Å²) in [7, 11) is 2.07. The summed E-state index contributed by atoms with van der Waals surface area (Å²) in [6, 6.07) is 14.5. The lowest BCUT2D eigenvalue weighted by atomic mass is 9.98. The van der Waals surface area contributed by atoms with Crippen LogP contribution in [0, 0.1) is 13.8 Å². The van der Waals surface area contributed by atoms with Crippen LogP contribution in [0.4, 0.5) is 0 Å². The maximum absolute atomic E-state index is 5.97. The van der Waals surface area contributed by atoms with Gasteiger partial charge in [-0.3, -0.25) is 0 Å². The lowest BCUT2D eigenvalue weighted by Crippen LogP contribution is -2.30. The first-order chi connectivity index (χ1) is 10.6. The second kappa shape index (κ2) is 4.67. The molecule has 4 rings (SSSR count). The van der Waals surface area contributed by atoms with Gasteiger partial charge in [0.15, 0.2) is 6.20 Å². The highest BCUT2D eigenvalue weighted by Gasteiger charge is 2.20. The minimum absolute atomic E-state index is 0.709. The third-order valence-corrected chi connectivity index (χ3v) is 4.16. The van der Waals surface area contributed by atoms with Crippen LogP contribution in [0.5, 0.6) is 0 Å². The van der Waals surface area contributed by atoms with E-state index in [2.05, 4.69) is 54.0 Å². The molecule has 0 spiro atoms. The van der Waals surface area contributed by atoms with Gasteiger partial charge in [-0.25, -0.2) is 9.55 Å². The predicted molar refractivity (Wildman–Crippen MR) is 87.6 cm³/mol. The average molecular weight is 289 g/mol. The largest absolute Gasteiger partial charge is 0.438 e. The number of nitrogens with zero attached hydrogens (tertiary/aromatic N) is 2. The Labute approximate surface area is 128 Å². The zero-order valence-corrected chi connectivity index (χ0v) is 12.9. The molecule has 0 aliphatic carbocycles. The first-order valence-corrected chi connectivity index (χ1v) is 7.39. The molecule has 1 aromatic carbocycles. The van der Waals surface area contributed by atoms with E-state index in [0.717, 1.165) is 22.0 Å². The van der Waals surface area contributed by atoms with E-state index in [1.54, 1.807) is 0 Å². The van der Waals surface area contributed by atoms with Crippen LogP contribution in [0.15, 0.2) is 53.1 Å². The zero-order valence-electron chi connectivity index (χ0n) is 12.9. The van der Waals surface area contributed by atoms with Gasteiger partial charge in [-0.05, 0) is 43.7 Å². The van der Waals surface area contributed by atoms with Gasteiger partial charge >= 0.3 is 0 Å². The highest BCUT2D eigenvalue weighted by atomic mass is 16.3. The molecule has 0 bridgehead atoms. The monoisotopic (exact) mass is 289 g/mol. The van der Waals surface area contributed by atoms with E-state index in [4.69, 9.17) is 4.42 Å². The number of aromatic nitrogens is 2. The Morgan fingerprint density at radius 1 is 1.00 bits per heavy atom. The van der Waals surface area contributed by atoms with E-state index in [-0.39, 0.29) is 0 Å². The summed E-state index contributed by atoms with van der Waals surface area (Å²) in [6.07, 6.45) is 2.07. The number of aryl methyl sites for hydroxylation is 3. The van der Waals surface area contributed by atoms with E-state index >= 15 is 0 Å². The molecule has 3 heteroatoms. The molecule has 0 unspecified atom stereocenters. The molecule has 4 aromatic rings. The molecule has 0 saturated heterocycles. The summed E-state index contributed by atoms with van der Waals surface area (Å²) >= 11 is 0. The summed E-state index contributed by atoms with van der Waals surface area (Å²) < 4.78 is 8.11. The fourth-order valence-corrected chi connectivity index (χ4v) is 3.06. The Morgan fingerprint density at radius 3 is 2.68 bits per heavy atom. The second-order valence-corrected chi connectivity index (χ2v) is 5.73.